The number of nitrogens with zero attached hydrogens (tertiary/aromatic N) is 2. The van der Waals surface area contributed by atoms with Gasteiger partial charge in [0, 0.05) is 17.9 Å². The summed E-state index contributed by atoms with van der Waals surface area (Å²) in [4.78, 5) is 11.6. The molecule has 1 atom stereocenters. The average Bonchev–Trinajstić information content (AvgIpc) is 2.81. The van der Waals surface area contributed by atoms with Gasteiger partial charge in [0.15, 0.2) is 0 Å². The zero-order chi connectivity index (χ0) is 13.4. The van der Waals surface area contributed by atoms with Crippen molar-refractivity contribution < 1.29 is 4.79 Å². The molecule has 0 bridgehead atoms. The molecule has 0 aliphatic heterocycles. The first-order valence-electron chi connectivity index (χ1n) is 6.21. The summed E-state index contributed by atoms with van der Waals surface area (Å²) in [6.45, 7) is 5.46. The number of carbonyl (C=O) groups excluding carboxylic acids is 1. The summed E-state index contributed by atoms with van der Waals surface area (Å²) >= 11 is 0. The zero-order valence-corrected chi connectivity index (χ0v) is 10.9. The summed E-state index contributed by atoms with van der Waals surface area (Å²) in [5.41, 5.74) is 1.08. The third kappa shape index (κ3) is 4.22. The molecule has 1 unspecified atom stereocenters. The SMILES string of the molecule is CCCNC(C)c1cccn1CC(=O)NCC#N. The second-order valence-corrected chi connectivity index (χ2v) is 4.17. The third-order valence-corrected chi connectivity index (χ3v) is 2.69. The monoisotopic (exact) mass is 248 g/mol. The summed E-state index contributed by atoms with van der Waals surface area (Å²) in [6, 6.07) is 6.03. The van der Waals surface area contributed by atoms with E-state index in [-0.39, 0.29) is 25.0 Å². The second-order valence-electron chi connectivity index (χ2n) is 4.17. The van der Waals surface area contributed by atoms with Crippen molar-refractivity contribution in [2.24, 2.45) is 0 Å². The predicted molar refractivity (Wildman–Crippen MR) is 69.8 cm³/mol. The van der Waals surface area contributed by atoms with E-state index in [0.29, 0.717) is 0 Å². The number of nitrogens with one attached hydrogen (secondary N) is 2. The van der Waals surface area contributed by atoms with Gasteiger partial charge in [0.2, 0.25) is 5.91 Å². The van der Waals surface area contributed by atoms with Gasteiger partial charge < -0.3 is 15.2 Å². The second kappa shape index (κ2) is 7.51. The molecule has 1 aromatic heterocycles. The van der Waals surface area contributed by atoms with Gasteiger partial charge in [-0.3, -0.25) is 4.79 Å². The molecule has 0 saturated heterocycles. The van der Waals surface area contributed by atoms with Crippen LogP contribution in [0.1, 0.15) is 32.0 Å². The number of carbonyl (C=O) groups is 1. The Morgan fingerprint density at radius 3 is 3.06 bits per heavy atom. The average molecular weight is 248 g/mol. The minimum Gasteiger partial charge on any atom is -0.341 e. The zero-order valence-electron chi connectivity index (χ0n) is 10.9. The summed E-state index contributed by atoms with van der Waals surface area (Å²) in [5.74, 6) is -0.142. The number of amides is 1. The van der Waals surface area contributed by atoms with Crippen molar-refractivity contribution in [3.05, 3.63) is 24.0 Å². The molecule has 1 heterocycles. The fraction of sp³-hybridized carbons (Fsp3) is 0.538. The van der Waals surface area contributed by atoms with Gasteiger partial charge in [-0.15, -0.1) is 0 Å². The van der Waals surface area contributed by atoms with E-state index in [1.54, 1.807) is 0 Å². The van der Waals surface area contributed by atoms with Crippen molar-refractivity contribution in [3.63, 3.8) is 0 Å². The maximum Gasteiger partial charge on any atom is 0.240 e. The molecule has 1 aromatic rings. The van der Waals surface area contributed by atoms with Gasteiger partial charge in [0.1, 0.15) is 13.1 Å². The smallest absolute Gasteiger partial charge is 0.240 e. The van der Waals surface area contributed by atoms with E-state index in [1.165, 1.54) is 0 Å². The molecule has 5 heteroatoms. The van der Waals surface area contributed by atoms with Gasteiger partial charge in [-0.05, 0) is 32.0 Å². The first-order chi connectivity index (χ1) is 8.69. The molecule has 0 aliphatic carbocycles. The molecule has 2 N–H and O–H groups in total. The van der Waals surface area contributed by atoms with Crippen LogP contribution in [0.4, 0.5) is 0 Å². The maximum absolute atomic E-state index is 11.6. The van der Waals surface area contributed by atoms with E-state index in [4.69, 9.17) is 5.26 Å². The van der Waals surface area contributed by atoms with E-state index >= 15 is 0 Å². The quantitative estimate of drug-likeness (QED) is 0.712. The number of rotatable bonds is 7. The minimum absolute atomic E-state index is 0.0546. The van der Waals surface area contributed by atoms with Crippen LogP contribution in [0.25, 0.3) is 0 Å². The van der Waals surface area contributed by atoms with Crippen LogP contribution in [0.5, 0.6) is 0 Å². The van der Waals surface area contributed by atoms with Crippen LogP contribution in [0, 0.1) is 11.3 Å². The standard InChI is InChI=1S/C13H20N4O/c1-3-7-15-11(2)12-5-4-9-17(12)10-13(18)16-8-6-14/h4-5,9,11,15H,3,7-8,10H2,1-2H3,(H,16,18). The Morgan fingerprint density at radius 2 is 2.39 bits per heavy atom. The Morgan fingerprint density at radius 1 is 1.61 bits per heavy atom. The van der Waals surface area contributed by atoms with Crippen molar-refractivity contribution in [2.75, 3.05) is 13.1 Å². The van der Waals surface area contributed by atoms with Crippen LogP contribution in [-0.4, -0.2) is 23.6 Å². The number of hydrogen-bond donors (Lipinski definition) is 2. The molecule has 0 spiro atoms. The molecule has 98 valence electrons. The Labute approximate surface area is 108 Å². The normalized spacial score (nSPS) is 11.8. The van der Waals surface area contributed by atoms with E-state index < -0.39 is 0 Å². The summed E-state index contributed by atoms with van der Waals surface area (Å²) < 4.78 is 1.90. The van der Waals surface area contributed by atoms with Gasteiger partial charge in [0.25, 0.3) is 0 Å². The molecule has 0 saturated carbocycles. The van der Waals surface area contributed by atoms with Crippen LogP contribution in [0.15, 0.2) is 18.3 Å². The fourth-order valence-corrected chi connectivity index (χ4v) is 1.78. The first kappa shape index (κ1) is 14.3. The molecule has 0 fully saturated rings. The lowest BCUT2D eigenvalue weighted by Crippen LogP contribution is -2.29. The highest BCUT2D eigenvalue weighted by atomic mass is 16.1. The molecule has 5 nitrogen and oxygen atoms in total. The van der Waals surface area contributed by atoms with Crippen LogP contribution >= 0.6 is 0 Å². The maximum atomic E-state index is 11.6. The summed E-state index contributed by atoms with van der Waals surface area (Å²) in [7, 11) is 0. The highest BCUT2D eigenvalue weighted by molar-refractivity contribution is 5.76. The van der Waals surface area contributed by atoms with Crippen LogP contribution in [-0.2, 0) is 11.3 Å². The molecule has 0 aromatic carbocycles. The van der Waals surface area contributed by atoms with E-state index in [2.05, 4.69) is 24.5 Å². The van der Waals surface area contributed by atoms with Crippen molar-refractivity contribution in [1.82, 2.24) is 15.2 Å². The molecule has 18 heavy (non-hydrogen) atoms. The summed E-state index contributed by atoms with van der Waals surface area (Å²) in [5, 5.41) is 14.3. The first-order valence-corrected chi connectivity index (χ1v) is 6.21. The van der Waals surface area contributed by atoms with Gasteiger partial charge >= 0.3 is 0 Å². The Hall–Kier alpha value is -1.80. The van der Waals surface area contributed by atoms with E-state index in [0.717, 1.165) is 18.7 Å². The minimum atomic E-state index is -0.142. The largest absolute Gasteiger partial charge is 0.341 e. The van der Waals surface area contributed by atoms with E-state index in [1.807, 2.05) is 29.0 Å². The Bertz CT molecular complexity index is 419. The lowest BCUT2D eigenvalue weighted by Gasteiger charge is -2.16. The molecule has 1 amide bonds. The highest BCUT2D eigenvalue weighted by Gasteiger charge is 2.11. The predicted octanol–water partition coefficient (Wildman–Crippen LogP) is 1.19. The van der Waals surface area contributed by atoms with E-state index in [9.17, 15) is 4.79 Å². The van der Waals surface area contributed by atoms with Crippen LogP contribution < -0.4 is 10.6 Å². The third-order valence-electron chi connectivity index (χ3n) is 2.69. The van der Waals surface area contributed by atoms with Crippen LogP contribution in [0.3, 0.4) is 0 Å². The van der Waals surface area contributed by atoms with Crippen molar-refractivity contribution in [2.45, 2.75) is 32.9 Å². The fourth-order valence-electron chi connectivity index (χ4n) is 1.78. The highest BCUT2D eigenvalue weighted by Crippen LogP contribution is 2.13. The number of aromatic nitrogens is 1. The topological polar surface area (TPSA) is 69.8 Å². The van der Waals surface area contributed by atoms with Crippen LogP contribution in [0.2, 0.25) is 0 Å². The number of nitriles is 1. The van der Waals surface area contributed by atoms with Gasteiger partial charge in [-0.25, -0.2) is 0 Å². The molecular weight excluding hydrogens is 228 g/mol. The molecular formula is C13H20N4O. The number of hydrogen-bond acceptors (Lipinski definition) is 3. The molecule has 1 rings (SSSR count). The Balaban J connectivity index is 2.59. The molecule has 0 aliphatic rings. The van der Waals surface area contributed by atoms with Gasteiger partial charge in [-0.2, -0.15) is 5.26 Å². The lowest BCUT2D eigenvalue weighted by molar-refractivity contribution is -0.121. The van der Waals surface area contributed by atoms with Gasteiger partial charge in [-0.1, -0.05) is 6.92 Å². The van der Waals surface area contributed by atoms with Crippen molar-refractivity contribution in [1.29, 1.82) is 5.26 Å². The Kier molecular flexibility index (Phi) is 5.95. The summed E-state index contributed by atoms with van der Waals surface area (Å²) in [6.07, 6.45) is 2.96. The van der Waals surface area contributed by atoms with Gasteiger partial charge in [0.05, 0.1) is 6.07 Å². The molecule has 0 radical (unpaired) electrons. The lowest BCUT2D eigenvalue weighted by atomic mass is 10.2. The van der Waals surface area contributed by atoms with Crippen molar-refractivity contribution >= 4 is 5.91 Å². The van der Waals surface area contributed by atoms with Crippen molar-refractivity contribution in [3.8, 4) is 6.07 Å².